The summed E-state index contributed by atoms with van der Waals surface area (Å²) in [5.74, 6) is 0. The second-order valence-electron chi connectivity index (χ2n) is 8.73. The number of fused-ring (bicyclic) bond motifs is 1. The SMILES string of the molecule is C=CCc1c(C)cc(-c2nnc(-c3nn(C)c4c3CCC(C)(C)C4)s2)cc1C. The molecule has 2 heterocycles. The Balaban J connectivity index is 1.71. The number of hydrogen-bond acceptors (Lipinski definition) is 4. The maximum atomic E-state index is 4.82. The minimum absolute atomic E-state index is 0.340. The molecule has 0 fully saturated rings. The fourth-order valence-electron chi connectivity index (χ4n) is 4.28. The number of allylic oxidation sites excluding steroid dienone is 1. The highest BCUT2D eigenvalue weighted by Crippen LogP contribution is 2.40. The van der Waals surface area contributed by atoms with Gasteiger partial charge in [0.2, 0.25) is 0 Å². The average molecular weight is 393 g/mol. The largest absolute Gasteiger partial charge is 0.272 e. The Labute approximate surface area is 171 Å². The summed E-state index contributed by atoms with van der Waals surface area (Å²) in [6.45, 7) is 12.9. The zero-order chi connectivity index (χ0) is 20.1. The van der Waals surface area contributed by atoms with Crippen molar-refractivity contribution in [2.75, 3.05) is 0 Å². The summed E-state index contributed by atoms with van der Waals surface area (Å²) < 4.78 is 2.05. The summed E-state index contributed by atoms with van der Waals surface area (Å²) in [5.41, 5.74) is 9.12. The van der Waals surface area contributed by atoms with Gasteiger partial charge in [-0.25, -0.2) is 0 Å². The number of aryl methyl sites for hydroxylation is 3. The third-order valence-corrected chi connectivity index (χ3v) is 6.87. The van der Waals surface area contributed by atoms with Crippen molar-refractivity contribution in [1.29, 1.82) is 0 Å². The lowest BCUT2D eigenvalue weighted by Crippen LogP contribution is -2.23. The number of hydrogen-bond donors (Lipinski definition) is 0. The van der Waals surface area contributed by atoms with Crippen LogP contribution in [0.5, 0.6) is 0 Å². The van der Waals surface area contributed by atoms with Crippen molar-refractivity contribution in [1.82, 2.24) is 20.0 Å². The quantitative estimate of drug-likeness (QED) is 0.553. The summed E-state index contributed by atoms with van der Waals surface area (Å²) in [5, 5.41) is 15.7. The Morgan fingerprint density at radius 2 is 1.86 bits per heavy atom. The standard InChI is InChI=1S/C23H28N4S/c1-7-8-17-14(2)11-16(12-15(17)3)21-24-25-22(28-21)20-18-9-10-23(4,5)13-19(18)27(6)26-20/h7,11-12H,1,8-10,13H2,2-6H3. The number of nitrogens with zero attached hydrogens (tertiary/aromatic N) is 4. The summed E-state index contributed by atoms with van der Waals surface area (Å²) in [6.07, 6.45) is 6.18. The zero-order valence-electron chi connectivity index (χ0n) is 17.5. The highest BCUT2D eigenvalue weighted by Gasteiger charge is 2.31. The van der Waals surface area contributed by atoms with E-state index in [2.05, 4.69) is 63.7 Å². The first-order valence-electron chi connectivity index (χ1n) is 9.89. The lowest BCUT2D eigenvalue weighted by molar-refractivity contribution is 0.307. The van der Waals surface area contributed by atoms with Gasteiger partial charge in [0.25, 0.3) is 0 Å². The van der Waals surface area contributed by atoms with Crippen LogP contribution in [-0.4, -0.2) is 20.0 Å². The Morgan fingerprint density at radius 3 is 2.54 bits per heavy atom. The Hall–Kier alpha value is -2.27. The van der Waals surface area contributed by atoms with E-state index in [4.69, 9.17) is 5.10 Å². The molecule has 0 atom stereocenters. The molecular formula is C23H28N4S. The van der Waals surface area contributed by atoms with Crippen LogP contribution in [0.1, 0.15) is 48.2 Å². The number of aromatic nitrogens is 4. The van der Waals surface area contributed by atoms with Crippen LogP contribution in [0.25, 0.3) is 21.3 Å². The molecule has 1 aromatic carbocycles. The normalized spacial score (nSPS) is 15.5. The summed E-state index contributed by atoms with van der Waals surface area (Å²) in [4.78, 5) is 0. The van der Waals surface area contributed by atoms with E-state index in [1.165, 1.54) is 34.4 Å². The molecule has 0 saturated carbocycles. The third-order valence-electron chi connectivity index (χ3n) is 5.89. The fraction of sp³-hybridized carbons (Fsp3) is 0.435. The first kappa shape index (κ1) is 19.1. The topological polar surface area (TPSA) is 43.6 Å². The Morgan fingerprint density at radius 1 is 1.18 bits per heavy atom. The van der Waals surface area contributed by atoms with Gasteiger partial charge in [-0.3, -0.25) is 4.68 Å². The van der Waals surface area contributed by atoms with Crippen LogP contribution < -0.4 is 0 Å². The van der Waals surface area contributed by atoms with E-state index in [0.717, 1.165) is 40.5 Å². The van der Waals surface area contributed by atoms with E-state index in [1.54, 1.807) is 11.3 Å². The smallest absolute Gasteiger partial charge is 0.168 e. The summed E-state index contributed by atoms with van der Waals surface area (Å²) >= 11 is 1.64. The first-order valence-corrected chi connectivity index (χ1v) is 10.7. The van der Waals surface area contributed by atoms with Gasteiger partial charge in [0, 0.05) is 23.9 Å². The van der Waals surface area contributed by atoms with Crippen LogP contribution in [0.4, 0.5) is 0 Å². The molecule has 0 saturated heterocycles. The van der Waals surface area contributed by atoms with Crippen LogP contribution in [0.15, 0.2) is 24.8 Å². The molecule has 0 amide bonds. The van der Waals surface area contributed by atoms with Gasteiger partial charge in [0.15, 0.2) is 5.01 Å². The van der Waals surface area contributed by atoms with Gasteiger partial charge >= 0.3 is 0 Å². The van der Waals surface area contributed by atoms with Crippen molar-refractivity contribution in [2.24, 2.45) is 12.5 Å². The van der Waals surface area contributed by atoms with E-state index in [9.17, 15) is 0 Å². The predicted octanol–water partition coefficient (Wildman–Crippen LogP) is 5.47. The monoisotopic (exact) mass is 392 g/mol. The van der Waals surface area contributed by atoms with Crippen LogP contribution in [0.2, 0.25) is 0 Å². The molecule has 0 unspecified atom stereocenters. The van der Waals surface area contributed by atoms with Gasteiger partial charge in [-0.05, 0) is 73.8 Å². The summed E-state index contributed by atoms with van der Waals surface area (Å²) in [7, 11) is 2.05. The van der Waals surface area contributed by atoms with Gasteiger partial charge in [0.05, 0.1) is 0 Å². The van der Waals surface area contributed by atoms with Crippen LogP contribution in [-0.2, 0) is 26.3 Å². The zero-order valence-corrected chi connectivity index (χ0v) is 18.3. The molecule has 0 radical (unpaired) electrons. The van der Waals surface area contributed by atoms with Gasteiger partial charge in [-0.2, -0.15) is 5.10 Å². The third kappa shape index (κ3) is 3.32. The molecule has 5 heteroatoms. The maximum absolute atomic E-state index is 4.82. The van der Waals surface area contributed by atoms with Crippen LogP contribution in [0.3, 0.4) is 0 Å². The minimum Gasteiger partial charge on any atom is -0.272 e. The number of rotatable bonds is 4. The van der Waals surface area contributed by atoms with Gasteiger partial charge < -0.3 is 0 Å². The molecule has 4 rings (SSSR count). The van der Waals surface area contributed by atoms with Crippen molar-refractivity contribution >= 4 is 11.3 Å². The average Bonchev–Trinajstić information content (AvgIpc) is 3.22. The second kappa shape index (κ2) is 6.96. The molecule has 4 nitrogen and oxygen atoms in total. The van der Waals surface area contributed by atoms with Crippen molar-refractivity contribution < 1.29 is 0 Å². The Bertz CT molecular complexity index is 1030. The molecule has 1 aliphatic rings. The van der Waals surface area contributed by atoms with E-state index in [-0.39, 0.29) is 0 Å². The first-order chi connectivity index (χ1) is 13.3. The predicted molar refractivity (Wildman–Crippen MR) is 117 cm³/mol. The van der Waals surface area contributed by atoms with Crippen molar-refractivity contribution in [3.05, 3.63) is 52.7 Å². The lowest BCUT2D eigenvalue weighted by Gasteiger charge is -2.29. The minimum atomic E-state index is 0.340. The molecule has 0 aliphatic heterocycles. The highest BCUT2D eigenvalue weighted by molar-refractivity contribution is 7.17. The molecule has 0 spiro atoms. The van der Waals surface area contributed by atoms with E-state index in [0.29, 0.717) is 5.41 Å². The molecule has 0 N–H and O–H groups in total. The highest BCUT2D eigenvalue weighted by atomic mass is 32.1. The molecule has 3 aromatic rings. The molecular weight excluding hydrogens is 364 g/mol. The maximum Gasteiger partial charge on any atom is 0.168 e. The molecule has 28 heavy (non-hydrogen) atoms. The van der Waals surface area contributed by atoms with E-state index in [1.807, 2.05) is 10.8 Å². The van der Waals surface area contributed by atoms with Gasteiger partial charge in [0.1, 0.15) is 10.7 Å². The van der Waals surface area contributed by atoms with Crippen molar-refractivity contribution in [3.8, 4) is 21.3 Å². The number of benzene rings is 1. The Kier molecular flexibility index (Phi) is 4.74. The molecule has 146 valence electrons. The molecule has 1 aliphatic carbocycles. The lowest BCUT2D eigenvalue weighted by atomic mass is 9.76. The summed E-state index contributed by atoms with van der Waals surface area (Å²) in [6, 6.07) is 4.43. The van der Waals surface area contributed by atoms with E-state index >= 15 is 0 Å². The van der Waals surface area contributed by atoms with Crippen LogP contribution in [0, 0.1) is 19.3 Å². The van der Waals surface area contributed by atoms with Crippen molar-refractivity contribution in [3.63, 3.8) is 0 Å². The second-order valence-corrected chi connectivity index (χ2v) is 9.71. The molecule has 2 aromatic heterocycles. The van der Waals surface area contributed by atoms with Crippen molar-refractivity contribution in [2.45, 2.75) is 53.4 Å². The molecule has 0 bridgehead atoms. The van der Waals surface area contributed by atoms with Crippen LogP contribution >= 0.6 is 11.3 Å². The fourth-order valence-corrected chi connectivity index (χ4v) is 5.13. The van der Waals surface area contributed by atoms with Gasteiger partial charge in [-0.1, -0.05) is 31.3 Å². The van der Waals surface area contributed by atoms with Gasteiger partial charge in [-0.15, -0.1) is 16.8 Å². The van der Waals surface area contributed by atoms with E-state index < -0.39 is 0 Å².